The summed E-state index contributed by atoms with van der Waals surface area (Å²) in [5, 5.41) is 3.05. The van der Waals surface area contributed by atoms with Crippen molar-refractivity contribution in [2.45, 2.75) is 31.7 Å². The van der Waals surface area contributed by atoms with Gasteiger partial charge in [0.15, 0.2) is 0 Å². The third-order valence-electron chi connectivity index (χ3n) is 4.29. The maximum atomic E-state index is 12.0. The van der Waals surface area contributed by atoms with Gasteiger partial charge in [-0.3, -0.25) is 4.79 Å². The van der Waals surface area contributed by atoms with Crippen LogP contribution in [0.3, 0.4) is 0 Å². The quantitative estimate of drug-likeness (QED) is 0.781. The second kappa shape index (κ2) is 5.83. The number of carbonyl (C=O) groups excluding carboxylic acids is 1. The van der Waals surface area contributed by atoms with Gasteiger partial charge in [0.2, 0.25) is 5.91 Å². The Kier molecular flexibility index (Phi) is 4.40. The van der Waals surface area contributed by atoms with Crippen molar-refractivity contribution >= 4 is 5.91 Å². The highest BCUT2D eigenvalue weighted by Gasteiger charge is 2.35. The summed E-state index contributed by atoms with van der Waals surface area (Å²) in [5.74, 6) is 1.03. The molecule has 17 heavy (non-hydrogen) atoms. The molecule has 1 N–H and O–H groups in total. The van der Waals surface area contributed by atoms with Gasteiger partial charge in [-0.15, -0.1) is 0 Å². The Morgan fingerprint density at radius 1 is 1.35 bits per heavy atom. The molecule has 2 saturated heterocycles. The van der Waals surface area contributed by atoms with E-state index in [0.29, 0.717) is 18.2 Å². The fourth-order valence-corrected chi connectivity index (χ4v) is 3.27. The molecule has 98 valence electrons. The molecular weight excluding hydrogens is 214 g/mol. The fourth-order valence-electron chi connectivity index (χ4n) is 3.27. The average molecular weight is 239 g/mol. The van der Waals surface area contributed by atoms with E-state index in [9.17, 15) is 4.79 Å². The first-order chi connectivity index (χ1) is 8.22. The Labute approximate surface area is 104 Å². The van der Waals surface area contributed by atoms with Gasteiger partial charge in [-0.05, 0) is 45.8 Å². The predicted molar refractivity (Wildman–Crippen MR) is 68.9 cm³/mol. The predicted octanol–water partition coefficient (Wildman–Crippen LogP) is 0.539. The van der Waals surface area contributed by atoms with Gasteiger partial charge < -0.3 is 15.1 Å². The zero-order chi connectivity index (χ0) is 12.3. The van der Waals surface area contributed by atoms with Crippen LogP contribution in [0.1, 0.15) is 25.7 Å². The molecule has 2 fully saturated rings. The van der Waals surface area contributed by atoms with E-state index < -0.39 is 0 Å². The smallest absolute Gasteiger partial charge is 0.223 e. The maximum absolute atomic E-state index is 12.0. The summed E-state index contributed by atoms with van der Waals surface area (Å²) in [5.41, 5.74) is 0. The van der Waals surface area contributed by atoms with Crippen molar-refractivity contribution in [1.82, 2.24) is 15.1 Å². The van der Waals surface area contributed by atoms with Gasteiger partial charge >= 0.3 is 0 Å². The van der Waals surface area contributed by atoms with Crippen molar-refractivity contribution in [1.29, 1.82) is 0 Å². The molecule has 0 aliphatic carbocycles. The van der Waals surface area contributed by atoms with E-state index >= 15 is 0 Å². The van der Waals surface area contributed by atoms with E-state index in [4.69, 9.17) is 0 Å². The Balaban J connectivity index is 1.86. The molecule has 1 amide bonds. The summed E-state index contributed by atoms with van der Waals surface area (Å²) in [7, 11) is 4.13. The number of nitrogens with one attached hydrogen (secondary N) is 1. The number of hydrogen-bond donors (Lipinski definition) is 1. The largest absolute Gasteiger partial charge is 0.342 e. The first-order valence-corrected chi connectivity index (χ1v) is 6.85. The molecule has 0 radical (unpaired) electrons. The normalized spacial score (nSPS) is 30.1. The minimum Gasteiger partial charge on any atom is -0.342 e. The Morgan fingerprint density at radius 3 is 2.94 bits per heavy atom. The minimum absolute atomic E-state index is 0.325. The van der Waals surface area contributed by atoms with Gasteiger partial charge in [-0.1, -0.05) is 0 Å². The topological polar surface area (TPSA) is 35.6 Å². The van der Waals surface area contributed by atoms with Crippen molar-refractivity contribution in [3.63, 3.8) is 0 Å². The summed E-state index contributed by atoms with van der Waals surface area (Å²) >= 11 is 0. The summed E-state index contributed by atoms with van der Waals surface area (Å²) in [4.78, 5) is 16.6. The van der Waals surface area contributed by atoms with Gasteiger partial charge in [0, 0.05) is 32.1 Å². The van der Waals surface area contributed by atoms with Crippen LogP contribution in [-0.2, 0) is 4.79 Å². The lowest BCUT2D eigenvalue weighted by Crippen LogP contribution is -2.54. The van der Waals surface area contributed by atoms with Crippen molar-refractivity contribution < 1.29 is 4.79 Å². The van der Waals surface area contributed by atoms with Crippen LogP contribution >= 0.6 is 0 Å². The molecule has 2 heterocycles. The molecule has 2 atom stereocenters. The van der Waals surface area contributed by atoms with E-state index in [-0.39, 0.29) is 0 Å². The fraction of sp³-hybridized carbons (Fsp3) is 0.923. The molecule has 0 spiro atoms. The van der Waals surface area contributed by atoms with Gasteiger partial charge in [0.05, 0.1) is 0 Å². The second-order valence-electron chi connectivity index (χ2n) is 5.43. The molecule has 2 aliphatic heterocycles. The van der Waals surface area contributed by atoms with Crippen LogP contribution in [-0.4, -0.2) is 62.0 Å². The average Bonchev–Trinajstić information content (AvgIpc) is 2.36. The second-order valence-corrected chi connectivity index (χ2v) is 5.43. The zero-order valence-corrected chi connectivity index (χ0v) is 11.1. The van der Waals surface area contributed by atoms with E-state index in [1.54, 1.807) is 0 Å². The SMILES string of the molecule is CNCCC(=O)N1CCC2C(CCCN2C)C1. The number of carbonyl (C=O) groups is 1. The number of rotatable bonds is 3. The number of hydrogen-bond acceptors (Lipinski definition) is 3. The lowest BCUT2D eigenvalue weighted by Gasteiger charge is -2.46. The third-order valence-corrected chi connectivity index (χ3v) is 4.29. The molecule has 2 rings (SSSR count). The highest BCUT2D eigenvalue weighted by Crippen LogP contribution is 2.29. The van der Waals surface area contributed by atoms with Gasteiger partial charge in [0.1, 0.15) is 0 Å². The van der Waals surface area contributed by atoms with Gasteiger partial charge in [0.25, 0.3) is 0 Å². The minimum atomic E-state index is 0.325. The van der Waals surface area contributed by atoms with Crippen molar-refractivity contribution in [3.05, 3.63) is 0 Å². The molecule has 4 nitrogen and oxygen atoms in total. The van der Waals surface area contributed by atoms with E-state index in [1.165, 1.54) is 19.4 Å². The van der Waals surface area contributed by atoms with Crippen LogP contribution in [0.2, 0.25) is 0 Å². The Hall–Kier alpha value is -0.610. The van der Waals surface area contributed by atoms with Crippen molar-refractivity contribution in [2.24, 2.45) is 5.92 Å². The van der Waals surface area contributed by atoms with E-state index in [0.717, 1.165) is 32.1 Å². The molecule has 4 heteroatoms. The van der Waals surface area contributed by atoms with Crippen LogP contribution in [0, 0.1) is 5.92 Å². The van der Waals surface area contributed by atoms with Crippen LogP contribution in [0.5, 0.6) is 0 Å². The molecule has 0 aromatic heterocycles. The maximum Gasteiger partial charge on any atom is 0.223 e. The van der Waals surface area contributed by atoms with Crippen LogP contribution in [0.4, 0.5) is 0 Å². The van der Waals surface area contributed by atoms with Gasteiger partial charge in [-0.25, -0.2) is 0 Å². The molecular formula is C13H25N3O. The Bertz CT molecular complexity index is 269. The number of amides is 1. The summed E-state index contributed by atoms with van der Waals surface area (Å²) in [6, 6.07) is 0.720. The third kappa shape index (κ3) is 2.99. The number of likely N-dealkylation sites (tertiary alicyclic amines) is 2. The van der Waals surface area contributed by atoms with E-state index in [2.05, 4.69) is 22.2 Å². The highest BCUT2D eigenvalue weighted by molar-refractivity contribution is 5.76. The standard InChI is InChI=1S/C13H25N3O/c1-14-7-5-13(17)16-9-6-12-11(10-16)4-3-8-15(12)2/h11-12,14H,3-10H2,1-2H3. The lowest BCUT2D eigenvalue weighted by atomic mass is 9.84. The highest BCUT2D eigenvalue weighted by atomic mass is 16.2. The summed E-state index contributed by atoms with van der Waals surface area (Å²) in [6.07, 6.45) is 4.39. The molecule has 2 aliphatic rings. The van der Waals surface area contributed by atoms with Crippen LogP contribution < -0.4 is 5.32 Å². The molecule has 2 unspecified atom stereocenters. The molecule has 0 aromatic carbocycles. The number of nitrogens with zero attached hydrogens (tertiary/aromatic N) is 2. The van der Waals surface area contributed by atoms with Crippen molar-refractivity contribution in [3.8, 4) is 0 Å². The molecule has 0 aromatic rings. The Morgan fingerprint density at radius 2 is 2.18 bits per heavy atom. The van der Waals surface area contributed by atoms with E-state index in [1.807, 2.05) is 7.05 Å². The lowest BCUT2D eigenvalue weighted by molar-refractivity contribution is -0.134. The molecule has 0 saturated carbocycles. The van der Waals surface area contributed by atoms with Gasteiger partial charge in [-0.2, -0.15) is 0 Å². The summed E-state index contributed by atoms with van der Waals surface area (Å²) < 4.78 is 0. The monoisotopic (exact) mass is 239 g/mol. The van der Waals surface area contributed by atoms with Crippen LogP contribution in [0.25, 0.3) is 0 Å². The first kappa shape index (κ1) is 12.8. The number of fused-ring (bicyclic) bond motifs is 1. The summed E-state index contributed by atoms with van der Waals surface area (Å²) in [6.45, 7) is 3.96. The number of piperidine rings is 2. The first-order valence-electron chi connectivity index (χ1n) is 6.85. The molecule has 0 bridgehead atoms. The van der Waals surface area contributed by atoms with Crippen molar-refractivity contribution in [2.75, 3.05) is 40.3 Å². The van der Waals surface area contributed by atoms with Crippen LogP contribution in [0.15, 0.2) is 0 Å². The zero-order valence-electron chi connectivity index (χ0n) is 11.1.